The van der Waals surface area contributed by atoms with Crippen molar-refractivity contribution in [3.63, 3.8) is 0 Å². The summed E-state index contributed by atoms with van der Waals surface area (Å²) in [4.78, 5) is 29.1. The fourth-order valence-corrected chi connectivity index (χ4v) is 7.05. The van der Waals surface area contributed by atoms with Crippen molar-refractivity contribution in [2.24, 2.45) is 11.7 Å². The smallest absolute Gasteiger partial charge is 0.255 e. The van der Waals surface area contributed by atoms with Crippen molar-refractivity contribution in [3.8, 4) is 11.4 Å². The van der Waals surface area contributed by atoms with E-state index in [0.717, 1.165) is 74.3 Å². The van der Waals surface area contributed by atoms with Crippen molar-refractivity contribution < 1.29 is 9.59 Å². The van der Waals surface area contributed by atoms with E-state index in [0.29, 0.717) is 23.9 Å². The van der Waals surface area contributed by atoms with E-state index in [2.05, 4.69) is 35.8 Å². The molecule has 2 N–H and O–H groups in total. The number of aromatic nitrogens is 3. The minimum Gasteiger partial charge on any atom is -0.343 e. The summed E-state index contributed by atoms with van der Waals surface area (Å²) in [7, 11) is 0. The van der Waals surface area contributed by atoms with Gasteiger partial charge in [-0.25, -0.2) is 4.52 Å². The molecule has 1 aliphatic carbocycles. The average molecular weight is 553 g/mol. The molecule has 8 nitrogen and oxygen atoms in total. The number of fused-ring (bicyclic) bond motifs is 2. The summed E-state index contributed by atoms with van der Waals surface area (Å²) in [6, 6.07) is 13.0. The van der Waals surface area contributed by atoms with E-state index in [1.54, 1.807) is 6.92 Å². The summed E-state index contributed by atoms with van der Waals surface area (Å²) in [6.07, 6.45) is 8.34. The molecule has 2 amide bonds. The number of pyridine rings is 1. The van der Waals surface area contributed by atoms with Crippen molar-refractivity contribution in [1.82, 2.24) is 24.0 Å². The standard InChI is InChI=1S/C33H40N6O2/c1-21-29-11-10-26(33(41)37-14-4-6-27(34)20-37)19-39(29)35-31(21)30-17-25-5-3-7-28(32(25)38(30)18-23-8-9-23)24-12-15-36(16-13-24)22(2)40/h3,5,7,10-11,17,19,23-24,27H,4,6,8-9,12-16,18,20,34H2,1-2H3/t27-/m1/s1. The molecule has 7 rings (SSSR count). The highest BCUT2D eigenvalue weighted by Gasteiger charge is 2.29. The minimum absolute atomic E-state index is 0.0278. The fourth-order valence-electron chi connectivity index (χ4n) is 7.05. The van der Waals surface area contributed by atoms with Crippen LogP contribution >= 0.6 is 0 Å². The van der Waals surface area contributed by atoms with Gasteiger partial charge in [-0.05, 0) is 81.0 Å². The monoisotopic (exact) mass is 552 g/mol. The summed E-state index contributed by atoms with van der Waals surface area (Å²) in [5.41, 5.74) is 13.8. The van der Waals surface area contributed by atoms with Gasteiger partial charge in [-0.2, -0.15) is 5.10 Å². The molecule has 3 fully saturated rings. The Kier molecular flexibility index (Phi) is 6.61. The Hall–Kier alpha value is -3.65. The highest BCUT2D eigenvalue weighted by molar-refractivity contribution is 5.95. The molecule has 1 saturated carbocycles. The Morgan fingerprint density at radius 1 is 1.00 bits per heavy atom. The summed E-state index contributed by atoms with van der Waals surface area (Å²) in [5.74, 6) is 1.34. The van der Waals surface area contributed by atoms with Gasteiger partial charge in [-0.15, -0.1) is 0 Å². The van der Waals surface area contributed by atoms with Gasteiger partial charge in [-0.1, -0.05) is 18.2 Å². The van der Waals surface area contributed by atoms with E-state index >= 15 is 0 Å². The van der Waals surface area contributed by atoms with E-state index in [9.17, 15) is 9.59 Å². The molecule has 0 radical (unpaired) electrons. The number of likely N-dealkylation sites (tertiary alicyclic amines) is 2. The first-order valence-corrected chi connectivity index (χ1v) is 15.3. The molecule has 2 aliphatic heterocycles. The molecule has 41 heavy (non-hydrogen) atoms. The quantitative estimate of drug-likeness (QED) is 0.379. The van der Waals surface area contributed by atoms with Crippen LogP contribution in [0.1, 0.15) is 72.9 Å². The number of rotatable bonds is 5. The van der Waals surface area contributed by atoms with E-state index in [1.165, 1.54) is 29.3 Å². The zero-order valence-electron chi connectivity index (χ0n) is 24.2. The predicted molar refractivity (Wildman–Crippen MR) is 161 cm³/mol. The third-order valence-corrected chi connectivity index (χ3v) is 9.58. The van der Waals surface area contributed by atoms with Crippen LogP contribution in [0.15, 0.2) is 42.6 Å². The lowest BCUT2D eigenvalue weighted by Gasteiger charge is -2.32. The van der Waals surface area contributed by atoms with E-state index in [-0.39, 0.29) is 17.9 Å². The third kappa shape index (κ3) is 4.82. The molecule has 3 aliphatic rings. The Balaban J connectivity index is 1.28. The average Bonchev–Trinajstić information content (AvgIpc) is 3.65. The van der Waals surface area contributed by atoms with Crippen LogP contribution in [0, 0.1) is 12.8 Å². The second-order valence-corrected chi connectivity index (χ2v) is 12.5. The molecule has 0 bridgehead atoms. The first-order valence-electron chi connectivity index (χ1n) is 15.3. The van der Waals surface area contributed by atoms with E-state index in [1.807, 2.05) is 32.6 Å². The van der Waals surface area contributed by atoms with Crippen LogP contribution in [-0.4, -0.2) is 68.0 Å². The molecule has 214 valence electrons. The molecule has 2 saturated heterocycles. The second-order valence-electron chi connectivity index (χ2n) is 12.5. The lowest BCUT2D eigenvalue weighted by Crippen LogP contribution is -2.45. The molecule has 8 heteroatoms. The van der Waals surface area contributed by atoms with Crippen molar-refractivity contribution >= 4 is 28.2 Å². The van der Waals surface area contributed by atoms with Gasteiger partial charge in [0.1, 0.15) is 5.69 Å². The molecule has 5 heterocycles. The summed E-state index contributed by atoms with van der Waals surface area (Å²) >= 11 is 0. The van der Waals surface area contributed by atoms with Crippen LogP contribution < -0.4 is 5.73 Å². The van der Waals surface area contributed by atoms with Crippen LogP contribution in [0.2, 0.25) is 0 Å². The summed E-state index contributed by atoms with van der Waals surface area (Å²) < 4.78 is 4.41. The molecule has 0 spiro atoms. The maximum Gasteiger partial charge on any atom is 0.255 e. The van der Waals surface area contributed by atoms with Gasteiger partial charge in [0.05, 0.1) is 22.3 Å². The molecular formula is C33H40N6O2. The van der Waals surface area contributed by atoms with Gasteiger partial charge in [0.25, 0.3) is 5.91 Å². The highest BCUT2D eigenvalue weighted by atomic mass is 16.2. The number of para-hydroxylation sites is 1. The van der Waals surface area contributed by atoms with Crippen LogP contribution in [0.4, 0.5) is 0 Å². The summed E-state index contributed by atoms with van der Waals surface area (Å²) in [6.45, 7) is 7.82. The molecule has 1 aromatic carbocycles. The summed E-state index contributed by atoms with van der Waals surface area (Å²) in [5, 5.41) is 6.35. The van der Waals surface area contributed by atoms with Crippen molar-refractivity contribution in [3.05, 3.63) is 59.3 Å². The number of aryl methyl sites for hydroxylation is 1. The highest BCUT2D eigenvalue weighted by Crippen LogP contribution is 2.41. The lowest BCUT2D eigenvalue weighted by atomic mass is 9.88. The van der Waals surface area contributed by atoms with Crippen LogP contribution in [0.3, 0.4) is 0 Å². The zero-order valence-corrected chi connectivity index (χ0v) is 24.2. The topological polar surface area (TPSA) is 88.9 Å². The largest absolute Gasteiger partial charge is 0.343 e. The van der Waals surface area contributed by atoms with Crippen LogP contribution in [0.5, 0.6) is 0 Å². The molecule has 0 unspecified atom stereocenters. The maximum atomic E-state index is 13.3. The number of nitrogens with zero attached hydrogens (tertiary/aromatic N) is 5. The van der Waals surface area contributed by atoms with Crippen LogP contribution in [0.25, 0.3) is 27.8 Å². The number of hydrogen-bond donors (Lipinski definition) is 1. The minimum atomic E-state index is 0.0278. The Labute approximate surface area is 241 Å². The Morgan fingerprint density at radius 2 is 1.80 bits per heavy atom. The number of hydrogen-bond acceptors (Lipinski definition) is 4. The number of carbonyl (C=O) groups is 2. The fraction of sp³-hybridized carbons (Fsp3) is 0.485. The number of amides is 2. The predicted octanol–water partition coefficient (Wildman–Crippen LogP) is 4.96. The van der Waals surface area contributed by atoms with Gasteiger partial charge in [0.2, 0.25) is 5.91 Å². The van der Waals surface area contributed by atoms with Gasteiger partial charge in [-0.3, -0.25) is 9.59 Å². The normalized spacial score (nSPS) is 20.3. The number of piperidine rings is 2. The van der Waals surface area contributed by atoms with Crippen molar-refractivity contribution in [2.45, 2.75) is 70.9 Å². The van der Waals surface area contributed by atoms with Gasteiger partial charge < -0.3 is 20.1 Å². The van der Waals surface area contributed by atoms with Gasteiger partial charge >= 0.3 is 0 Å². The molecular weight excluding hydrogens is 512 g/mol. The first-order chi connectivity index (χ1) is 19.9. The number of nitrogens with two attached hydrogens (primary N) is 1. The number of benzene rings is 1. The Morgan fingerprint density at radius 3 is 2.54 bits per heavy atom. The third-order valence-electron chi connectivity index (χ3n) is 9.58. The lowest BCUT2D eigenvalue weighted by molar-refractivity contribution is -0.129. The van der Waals surface area contributed by atoms with Gasteiger partial charge in [0, 0.05) is 62.8 Å². The Bertz CT molecular complexity index is 1640. The molecule has 4 aromatic rings. The second kappa shape index (κ2) is 10.3. The van der Waals surface area contributed by atoms with E-state index < -0.39 is 0 Å². The maximum absolute atomic E-state index is 13.3. The SMILES string of the molecule is CC(=O)N1CCC(c2cccc3cc(-c4nn5cc(C(=O)N6CCC[C@@H](N)C6)ccc5c4C)n(CC4CC4)c23)CC1. The molecule has 1 atom stereocenters. The van der Waals surface area contributed by atoms with E-state index in [4.69, 9.17) is 10.8 Å². The van der Waals surface area contributed by atoms with Crippen molar-refractivity contribution in [2.75, 3.05) is 26.2 Å². The molecule has 3 aromatic heterocycles. The van der Waals surface area contributed by atoms with Crippen molar-refractivity contribution in [1.29, 1.82) is 0 Å². The first kappa shape index (κ1) is 26.3. The van der Waals surface area contributed by atoms with Crippen LogP contribution in [-0.2, 0) is 11.3 Å². The number of carbonyl (C=O) groups excluding carboxylic acids is 2. The van der Waals surface area contributed by atoms with Gasteiger partial charge in [0.15, 0.2) is 0 Å². The zero-order chi connectivity index (χ0) is 28.2.